The summed E-state index contributed by atoms with van der Waals surface area (Å²) in [4.78, 5) is 9.96. The first-order chi connectivity index (χ1) is 9.33. The monoisotopic (exact) mass is 264 g/mol. The maximum Gasteiger partial charge on any atom is 0.116 e. The van der Waals surface area contributed by atoms with Crippen LogP contribution in [0.3, 0.4) is 0 Å². The van der Waals surface area contributed by atoms with Gasteiger partial charge >= 0.3 is 0 Å². The van der Waals surface area contributed by atoms with E-state index in [9.17, 15) is 0 Å². The summed E-state index contributed by atoms with van der Waals surface area (Å²) in [6.07, 6.45) is 7.84. The minimum absolute atomic E-state index is 0.621. The Bertz CT molecular complexity index is 775. The lowest BCUT2D eigenvalue weighted by Gasteiger charge is -2.03. The van der Waals surface area contributed by atoms with Crippen LogP contribution in [0, 0.1) is 0 Å². The number of thioether (sulfide) groups is 1. The first kappa shape index (κ1) is 12.0. The molecule has 0 aromatic heterocycles. The highest BCUT2D eigenvalue weighted by Crippen LogP contribution is 2.30. The SMILES string of the molecule is C=C1/C=c2/cccc/c2=N/CC2=C(N=C=CC=C2)S1. The molecule has 19 heavy (non-hydrogen) atoms. The van der Waals surface area contributed by atoms with E-state index in [4.69, 9.17) is 0 Å². The minimum atomic E-state index is 0.621. The van der Waals surface area contributed by atoms with Crippen molar-refractivity contribution < 1.29 is 0 Å². The fourth-order valence-electron chi connectivity index (χ4n) is 1.91. The Kier molecular flexibility index (Phi) is 3.32. The van der Waals surface area contributed by atoms with Crippen LogP contribution in [0.25, 0.3) is 6.08 Å². The van der Waals surface area contributed by atoms with Crippen LogP contribution in [0.5, 0.6) is 0 Å². The molecule has 0 N–H and O–H groups in total. The predicted molar refractivity (Wildman–Crippen MR) is 81.5 cm³/mol. The molecule has 0 spiro atoms. The summed E-state index contributed by atoms with van der Waals surface area (Å²) in [5, 5.41) is 3.01. The molecule has 0 unspecified atom stereocenters. The topological polar surface area (TPSA) is 24.7 Å². The van der Waals surface area contributed by atoms with Gasteiger partial charge in [0.1, 0.15) is 5.03 Å². The van der Waals surface area contributed by atoms with Crippen molar-refractivity contribution >= 4 is 23.7 Å². The van der Waals surface area contributed by atoms with E-state index in [1.807, 2.05) is 36.4 Å². The lowest BCUT2D eigenvalue weighted by Crippen LogP contribution is -2.24. The number of aliphatic imine (C=N–C) groups is 1. The number of nitrogens with zero attached hydrogens (tertiary/aromatic N) is 2. The van der Waals surface area contributed by atoms with Crippen LogP contribution in [0.4, 0.5) is 0 Å². The van der Waals surface area contributed by atoms with E-state index >= 15 is 0 Å². The second-order valence-electron chi connectivity index (χ2n) is 4.18. The highest BCUT2D eigenvalue weighted by molar-refractivity contribution is 8.07. The average Bonchev–Trinajstić information content (AvgIpc) is 2.59. The molecule has 0 bridgehead atoms. The van der Waals surface area contributed by atoms with Crippen molar-refractivity contribution in [1.29, 1.82) is 0 Å². The molecule has 0 atom stereocenters. The Balaban J connectivity index is 2.18. The van der Waals surface area contributed by atoms with Crippen molar-refractivity contribution in [3.8, 4) is 0 Å². The van der Waals surface area contributed by atoms with Gasteiger partial charge in [0.05, 0.1) is 11.9 Å². The fraction of sp³-hybridized carbons (Fsp3) is 0.0625. The number of benzene rings is 1. The van der Waals surface area contributed by atoms with Gasteiger partial charge in [0, 0.05) is 15.7 Å². The molecule has 2 nitrogen and oxygen atoms in total. The smallest absolute Gasteiger partial charge is 0.116 e. The summed E-state index contributed by atoms with van der Waals surface area (Å²) in [5.74, 6) is 2.89. The van der Waals surface area contributed by atoms with Crippen LogP contribution in [-0.2, 0) is 0 Å². The van der Waals surface area contributed by atoms with Crippen molar-refractivity contribution in [2.45, 2.75) is 0 Å². The Morgan fingerprint density at radius 1 is 1.26 bits per heavy atom. The fourth-order valence-corrected chi connectivity index (χ4v) is 2.70. The molecule has 0 saturated heterocycles. The maximum atomic E-state index is 4.67. The van der Waals surface area contributed by atoms with E-state index in [0.717, 1.165) is 26.1 Å². The van der Waals surface area contributed by atoms with E-state index in [2.05, 4.69) is 28.5 Å². The highest BCUT2D eigenvalue weighted by Gasteiger charge is 2.08. The Morgan fingerprint density at radius 3 is 3.11 bits per heavy atom. The van der Waals surface area contributed by atoms with Crippen LogP contribution in [0.2, 0.25) is 0 Å². The predicted octanol–water partition coefficient (Wildman–Crippen LogP) is 2.35. The second-order valence-corrected chi connectivity index (χ2v) is 5.30. The molecule has 1 aromatic rings. The number of fused-ring (bicyclic) bond motifs is 1. The largest absolute Gasteiger partial charge is 0.280 e. The highest BCUT2D eigenvalue weighted by atomic mass is 32.2. The van der Waals surface area contributed by atoms with Gasteiger partial charge in [-0.15, -0.1) is 0 Å². The van der Waals surface area contributed by atoms with Crippen molar-refractivity contribution in [3.05, 3.63) is 75.2 Å². The third kappa shape index (κ3) is 2.68. The molecular formula is C16H12N2S. The Hall–Kier alpha value is -2.09. The summed E-state index contributed by atoms with van der Waals surface area (Å²) in [6.45, 7) is 4.71. The summed E-state index contributed by atoms with van der Waals surface area (Å²) in [6, 6.07) is 8.10. The minimum Gasteiger partial charge on any atom is -0.280 e. The third-order valence-electron chi connectivity index (χ3n) is 2.81. The lowest BCUT2D eigenvalue weighted by atomic mass is 10.2. The van der Waals surface area contributed by atoms with Gasteiger partial charge in [-0.05, 0) is 24.1 Å². The van der Waals surface area contributed by atoms with E-state index in [0.29, 0.717) is 6.54 Å². The first-order valence-electron chi connectivity index (χ1n) is 6.00. The number of rotatable bonds is 0. The molecule has 3 heteroatoms. The van der Waals surface area contributed by atoms with Gasteiger partial charge < -0.3 is 0 Å². The Labute approximate surface area is 116 Å². The molecule has 2 heterocycles. The van der Waals surface area contributed by atoms with Gasteiger partial charge in [-0.25, -0.2) is 0 Å². The molecule has 92 valence electrons. The summed E-state index contributed by atoms with van der Waals surface area (Å²) >= 11 is 1.56. The molecular weight excluding hydrogens is 252 g/mol. The van der Waals surface area contributed by atoms with Crippen molar-refractivity contribution in [2.24, 2.45) is 9.98 Å². The lowest BCUT2D eigenvalue weighted by molar-refractivity contribution is 1.08. The molecule has 1 aromatic carbocycles. The van der Waals surface area contributed by atoms with Gasteiger partial charge in [-0.2, -0.15) is 4.99 Å². The number of hydrogen-bond acceptors (Lipinski definition) is 3. The zero-order valence-electron chi connectivity index (χ0n) is 10.3. The van der Waals surface area contributed by atoms with Crippen LogP contribution in [0.1, 0.15) is 0 Å². The summed E-state index contributed by atoms with van der Waals surface area (Å²) in [5.41, 5.74) is 1.09. The molecule has 3 rings (SSSR count). The zero-order valence-corrected chi connectivity index (χ0v) is 11.2. The molecule has 0 fully saturated rings. The molecule has 0 radical (unpaired) electrons. The van der Waals surface area contributed by atoms with E-state index < -0.39 is 0 Å². The number of hydrogen-bond donors (Lipinski definition) is 0. The van der Waals surface area contributed by atoms with Crippen LogP contribution < -0.4 is 10.6 Å². The van der Waals surface area contributed by atoms with Crippen molar-refractivity contribution in [3.63, 3.8) is 0 Å². The summed E-state index contributed by atoms with van der Waals surface area (Å²) < 4.78 is 0. The van der Waals surface area contributed by atoms with Crippen LogP contribution in [0.15, 0.2) is 74.6 Å². The van der Waals surface area contributed by atoms with Gasteiger partial charge in [-0.3, -0.25) is 4.99 Å². The molecule has 0 aliphatic carbocycles. The zero-order chi connectivity index (χ0) is 13.1. The molecule has 0 amide bonds. The first-order valence-corrected chi connectivity index (χ1v) is 6.82. The van der Waals surface area contributed by atoms with E-state index in [1.54, 1.807) is 17.8 Å². The normalized spacial score (nSPS) is 20.9. The quantitative estimate of drug-likeness (QED) is 0.706. The van der Waals surface area contributed by atoms with Gasteiger partial charge in [0.2, 0.25) is 0 Å². The van der Waals surface area contributed by atoms with Crippen molar-refractivity contribution in [1.82, 2.24) is 0 Å². The second kappa shape index (κ2) is 5.27. The van der Waals surface area contributed by atoms with Gasteiger partial charge in [0.25, 0.3) is 0 Å². The van der Waals surface area contributed by atoms with Crippen molar-refractivity contribution in [2.75, 3.05) is 6.54 Å². The standard InChI is InChI=1S/C16H12N2S/c1-12-10-13-6-2-3-8-15(13)18-11-14-7-4-5-9-17-16(14)19-12/h2-8,10H,1,11H2/b13-10-,18-15-. The average molecular weight is 264 g/mol. The third-order valence-corrected chi connectivity index (χ3v) is 3.74. The number of para-hydroxylation sites is 1. The van der Waals surface area contributed by atoms with E-state index in [1.165, 1.54) is 0 Å². The number of allylic oxidation sites excluding steroid dienone is 3. The van der Waals surface area contributed by atoms with Gasteiger partial charge in [0.15, 0.2) is 0 Å². The van der Waals surface area contributed by atoms with E-state index in [-0.39, 0.29) is 0 Å². The van der Waals surface area contributed by atoms with Crippen LogP contribution in [-0.4, -0.2) is 12.4 Å². The molecule has 0 saturated carbocycles. The van der Waals surface area contributed by atoms with Gasteiger partial charge in [-0.1, -0.05) is 48.7 Å². The summed E-state index contributed by atoms with van der Waals surface area (Å²) in [7, 11) is 0. The van der Waals surface area contributed by atoms with Crippen LogP contribution >= 0.6 is 11.8 Å². The molecule has 2 aliphatic heterocycles. The Morgan fingerprint density at radius 2 is 2.16 bits per heavy atom. The maximum absolute atomic E-state index is 4.67. The molecule has 2 aliphatic rings.